The van der Waals surface area contributed by atoms with E-state index in [4.69, 9.17) is 9.47 Å². The number of hydrogen-bond acceptors (Lipinski definition) is 4. The van der Waals surface area contributed by atoms with Crippen LogP contribution < -0.4 is 10.1 Å². The van der Waals surface area contributed by atoms with Crippen molar-refractivity contribution in [2.45, 2.75) is 76.0 Å². The van der Waals surface area contributed by atoms with Gasteiger partial charge in [-0.1, -0.05) is 6.07 Å². The lowest BCUT2D eigenvalue weighted by Gasteiger charge is -2.65. The van der Waals surface area contributed by atoms with Crippen LogP contribution >= 0.6 is 0 Å². The van der Waals surface area contributed by atoms with Crippen LogP contribution in [0.15, 0.2) is 18.2 Å². The van der Waals surface area contributed by atoms with Crippen molar-refractivity contribution in [3.63, 3.8) is 0 Å². The minimum absolute atomic E-state index is 0.121. The molecule has 2 heterocycles. The highest BCUT2D eigenvalue weighted by molar-refractivity contribution is 5.70. The molecule has 5 heteroatoms. The first-order valence-electron chi connectivity index (χ1n) is 11.7. The summed E-state index contributed by atoms with van der Waals surface area (Å²) in [6.45, 7) is 7.84. The van der Waals surface area contributed by atoms with Gasteiger partial charge in [0.25, 0.3) is 0 Å². The SMILES string of the molecule is COc1ccc2c(c1)[C@]13CCN(C(=O)OC(C)(C)C)[C@H](C2)[C@]12CC[C@H]1NC[C@@H](C2)[C@H]13. The number of rotatable bonds is 1. The van der Waals surface area contributed by atoms with Gasteiger partial charge in [-0.2, -0.15) is 0 Å². The Hall–Kier alpha value is -1.75. The van der Waals surface area contributed by atoms with Crippen LogP contribution in [0.25, 0.3) is 0 Å². The molecule has 4 bridgehead atoms. The summed E-state index contributed by atoms with van der Waals surface area (Å²) in [5, 5.41) is 3.86. The number of nitrogens with zero attached hydrogens (tertiary/aromatic N) is 1. The maximum absolute atomic E-state index is 13.3. The Kier molecular flexibility index (Phi) is 3.75. The average Bonchev–Trinajstić information content (AvgIpc) is 3.16. The van der Waals surface area contributed by atoms with Gasteiger partial charge in [-0.25, -0.2) is 4.79 Å². The molecule has 2 saturated heterocycles. The van der Waals surface area contributed by atoms with E-state index in [0.717, 1.165) is 37.6 Å². The van der Waals surface area contributed by atoms with Gasteiger partial charge in [0.05, 0.1) is 7.11 Å². The number of piperidine rings is 1. The Morgan fingerprint density at radius 3 is 2.87 bits per heavy atom. The van der Waals surface area contributed by atoms with Crippen LogP contribution in [0.4, 0.5) is 4.79 Å². The molecule has 2 saturated carbocycles. The largest absolute Gasteiger partial charge is 0.497 e. The minimum atomic E-state index is -0.461. The number of carbonyl (C=O) groups excluding carboxylic acids is 1. The molecule has 0 aromatic heterocycles. The normalized spacial score (nSPS) is 40.6. The third-order valence-corrected chi connectivity index (χ3v) is 9.17. The van der Waals surface area contributed by atoms with Gasteiger partial charge < -0.3 is 19.7 Å². The molecule has 5 aliphatic rings. The highest BCUT2D eigenvalue weighted by Gasteiger charge is 2.75. The number of benzene rings is 1. The van der Waals surface area contributed by atoms with E-state index in [1.165, 1.54) is 30.4 Å². The fourth-order valence-corrected chi connectivity index (χ4v) is 8.51. The summed E-state index contributed by atoms with van der Waals surface area (Å²) in [7, 11) is 1.77. The van der Waals surface area contributed by atoms with Crippen molar-refractivity contribution in [1.82, 2.24) is 10.2 Å². The van der Waals surface area contributed by atoms with Crippen molar-refractivity contribution in [1.29, 1.82) is 0 Å². The van der Waals surface area contributed by atoms with Crippen molar-refractivity contribution < 1.29 is 14.3 Å². The molecule has 0 radical (unpaired) electrons. The Morgan fingerprint density at radius 2 is 2.10 bits per heavy atom. The first-order chi connectivity index (χ1) is 14.3. The molecular weight excluding hydrogens is 376 g/mol. The molecule has 3 aliphatic carbocycles. The van der Waals surface area contributed by atoms with Gasteiger partial charge in [0.15, 0.2) is 0 Å². The summed E-state index contributed by atoms with van der Waals surface area (Å²) in [5.41, 5.74) is 2.82. The Morgan fingerprint density at radius 1 is 1.27 bits per heavy atom. The molecule has 1 amide bonds. The van der Waals surface area contributed by atoms with Crippen LogP contribution in [0, 0.1) is 17.3 Å². The standard InChI is InChI=1S/C25H34N2O3/c1-23(2,3)30-22(28)27-10-9-25-18-12-17(29-4)6-5-15(18)11-20(27)24(25)8-7-19-21(25)16(13-24)14-26-19/h5-6,12,16,19-21,26H,7-11,13-14H2,1-4H3/t16-,19-,20-,21-,24-,25+/m1/s1. The quantitative estimate of drug-likeness (QED) is 0.763. The van der Waals surface area contributed by atoms with Crippen LogP contribution in [0.3, 0.4) is 0 Å². The topological polar surface area (TPSA) is 50.8 Å². The summed E-state index contributed by atoms with van der Waals surface area (Å²) in [5.74, 6) is 2.37. The van der Waals surface area contributed by atoms with Crippen molar-refractivity contribution in [2.24, 2.45) is 17.3 Å². The van der Waals surface area contributed by atoms with E-state index in [1.807, 2.05) is 20.8 Å². The summed E-state index contributed by atoms with van der Waals surface area (Å²) in [6, 6.07) is 7.56. The summed E-state index contributed by atoms with van der Waals surface area (Å²) < 4.78 is 11.6. The lowest BCUT2D eigenvalue weighted by Crippen LogP contribution is -2.70. The lowest BCUT2D eigenvalue weighted by molar-refractivity contribution is -0.0936. The molecule has 1 N–H and O–H groups in total. The number of carbonyl (C=O) groups is 1. The second-order valence-electron chi connectivity index (χ2n) is 11.3. The van der Waals surface area contributed by atoms with Gasteiger partial charge in [0.2, 0.25) is 0 Å². The Balaban J connectivity index is 1.51. The molecular formula is C25H34N2O3. The van der Waals surface area contributed by atoms with E-state index in [-0.39, 0.29) is 23.0 Å². The molecule has 6 rings (SSSR count). The van der Waals surface area contributed by atoms with E-state index < -0.39 is 5.60 Å². The molecule has 1 aromatic rings. The number of amides is 1. The number of fused-ring (bicyclic) bond motifs is 1. The second-order valence-corrected chi connectivity index (χ2v) is 11.3. The molecule has 0 spiro atoms. The van der Waals surface area contributed by atoms with Crippen LogP contribution in [0.5, 0.6) is 5.75 Å². The third kappa shape index (κ3) is 2.20. The number of likely N-dealkylation sites (tertiary alicyclic amines) is 1. The van der Waals surface area contributed by atoms with Gasteiger partial charge >= 0.3 is 6.09 Å². The number of nitrogens with one attached hydrogen (secondary N) is 1. The number of methoxy groups -OCH3 is 1. The molecule has 162 valence electrons. The van der Waals surface area contributed by atoms with Crippen LogP contribution in [0.1, 0.15) is 57.6 Å². The molecule has 6 atom stereocenters. The number of hydrogen-bond donors (Lipinski definition) is 1. The molecule has 1 aromatic carbocycles. The van der Waals surface area contributed by atoms with Gasteiger partial charge in [-0.15, -0.1) is 0 Å². The zero-order chi connectivity index (χ0) is 20.9. The third-order valence-electron chi connectivity index (χ3n) is 9.17. The highest BCUT2D eigenvalue weighted by atomic mass is 16.6. The van der Waals surface area contributed by atoms with E-state index in [0.29, 0.717) is 12.0 Å². The predicted octanol–water partition coefficient (Wildman–Crippen LogP) is 3.89. The van der Waals surface area contributed by atoms with Crippen LogP contribution in [-0.2, 0) is 16.6 Å². The van der Waals surface area contributed by atoms with E-state index >= 15 is 0 Å². The molecule has 30 heavy (non-hydrogen) atoms. The van der Waals surface area contributed by atoms with E-state index in [2.05, 4.69) is 28.4 Å². The predicted molar refractivity (Wildman–Crippen MR) is 115 cm³/mol. The Bertz CT molecular complexity index is 908. The molecule has 0 unspecified atom stereocenters. The molecule has 5 nitrogen and oxygen atoms in total. The van der Waals surface area contributed by atoms with Crippen LogP contribution in [-0.4, -0.2) is 48.9 Å². The lowest BCUT2D eigenvalue weighted by atomic mass is 9.44. The summed E-state index contributed by atoms with van der Waals surface area (Å²) in [4.78, 5) is 15.4. The maximum Gasteiger partial charge on any atom is 0.410 e. The van der Waals surface area contributed by atoms with E-state index in [9.17, 15) is 4.79 Å². The zero-order valence-corrected chi connectivity index (χ0v) is 18.7. The zero-order valence-electron chi connectivity index (χ0n) is 18.7. The first kappa shape index (κ1) is 19.0. The van der Waals surface area contributed by atoms with Crippen molar-refractivity contribution in [3.8, 4) is 5.75 Å². The van der Waals surface area contributed by atoms with Crippen LogP contribution in [0.2, 0.25) is 0 Å². The monoisotopic (exact) mass is 410 g/mol. The van der Waals surface area contributed by atoms with Crippen molar-refractivity contribution >= 4 is 6.09 Å². The maximum atomic E-state index is 13.3. The molecule has 2 aliphatic heterocycles. The first-order valence-corrected chi connectivity index (χ1v) is 11.7. The van der Waals surface area contributed by atoms with Gasteiger partial charge in [0, 0.05) is 29.5 Å². The fraction of sp³-hybridized carbons (Fsp3) is 0.720. The minimum Gasteiger partial charge on any atom is -0.497 e. The highest BCUT2D eigenvalue weighted by Crippen LogP contribution is 2.74. The van der Waals surface area contributed by atoms with Gasteiger partial charge in [0.1, 0.15) is 11.4 Å². The molecule has 4 fully saturated rings. The second kappa shape index (κ2) is 5.93. The summed E-state index contributed by atoms with van der Waals surface area (Å²) >= 11 is 0. The van der Waals surface area contributed by atoms with Gasteiger partial charge in [-0.05, 0) is 94.5 Å². The van der Waals surface area contributed by atoms with Crippen molar-refractivity contribution in [2.75, 3.05) is 20.2 Å². The summed E-state index contributed by atoms with van der Waals surface area (Å²) in [6.07, 6.45) is 5.55. The average molecular weight is 411 g/mol. The Labute approximate surface area is 179 Å². The fourth-order valence-electron chi connectivity index (χ4n) is 8.51. The smallest absolute Gasteiger partial charge is 0.410 e. The van der Waals surface area contributed by atoms with E-state index in [1.54, 1.807) is 7.11 Å². The van der Waals surface area contributed by atoms with Crippen molar-refractivity contribution in [3.05, 3.63) is 29.3 Å². The number of ether oxygens (including phenoxy) is 2. The van der Waals surface area contributed by atoms with Gasteiger partial charge in [-0.3, -0.25) is 0 Å².